The van der Waals surface area contributed by atoms with Crippen LogP contribution in [0.5, 0.6) is 0 Å². The smallest absolute Gasteiger partial charge is 0.335 e. The van der Waals surface area contributed by atoms with Crippen molar-refractivity contribution in [2.75, 3.05) is 16.0 Å². The highest BCUT2D eigenvalue weighted by Crippen LogP contribution is 2.44. The molecule has 0 radical (unpaired) electrons. The number of carbonyl (C=O) groups is 3. The molecule has 4 N–H and O–H groups in total. The van der Waals surface area contributed by atoms with E-state index >= 15 is 0 Å². The van der Waals surface area contributed by atoms with E-state index in [0.29, 0.717) is 45.7 Å². The number of Topliss-reactive ketones (excluding diaryl/α,β-unsaturated/α-hetero) is 1. The minimum Gasteiger partial charge on any atom is -0.478 e. The number of amides is 1. The van der Waals surface area contributed by atoms with Crippen LogP contribution in [0.2, 0.25) is 0 Å². The first-order valence-corrected chi connectivity index (χ1v) is 14.4. The van der Waals surface area contributed by atoms with Crippen molar-refractivity contribution in [1.29, 1.82) is 5.26 Å². The van der Waals surface area contributed by atoms with Crippen LogP contribution in [0, 0.1) is 17.2 Å². The number of aromatic carboxylic acids is 1. The highest BCUT2D eigenvalue weighted by molar-refractivity contribution is 8.01. The molecule has 0 saturated carbocycles. The van der Waals surface area contributed by atoms with E-state index in [-0.39, 0.29) is 34.4 Å². The van der Waals surface area contributed by atoms with Gasteiger partial charge in [-0.1, -0.05) is 71.6 Å². The zero-order valence-electron chi connectivity index (χ0n) is 21.6. The molecular weight excluding hydrogens is 560 g/mol. The molecular formula is C29H24N6O4S2. The molecule has 2 heterocycles. The third kappa shape index (κ3) is 6.06. The van der Waals surface area contributed by atoms with Gasteiger partial charge in [0.05, 0.1) is 23.0 Å². The van der Waals surface area contributed by atoms with Crippen LogP contribution in [0.1, 0.15) is 35.2 Å². The molecule has 1 amide bonds. The molecule has 5 rings (SSSR count). The van der Waals surface area contributed by atoms with E-state index in [9.17, 15) is 19.6 Å². The number of nitrogens with two attached hydrogens (primary N) is 1. The minimum absolute atomic E-state index is 0.0134. The van der Waals surface area contributed by atoms with Gasteiger partial charge in [0.25, 0.3) is 0 Å². The molecule has 3 aromatic rings. The van der Waals surface area contributed by atoms with Crippen molar-refractivity contribution in [2.24, 2.45) is 11.7 Å². The maximum Gasteiger partial charge on any atom is 0.335 e. The van der Waals surface area contributed by atoms with Gasteiger partial charge < -0.3 is 16.2 Å². The molecule has 0 spiro atoms. The number of thioether (sulfide) groups is 1. The number of nitriles is 1. The molecule has 12 heteroatoms. The summed E-state index contributed by atoms with van der Waals surface area (Å²) in [7, 11) is 0. The Kier molecular flexibility index (Phi) is 8.28. The van der Waals surface area contributed by atoms with Crippen LogP contribution in [0.3, 0.4) is 0 Å². The number of hydrogen-bond donors (Lipinski definition) is 3. The fraction of sp³-hybridized carbons (Fsp3) is 0.172. The SMILES string of the molecule is N#CC1=C(N)N(c2nnc(SCC(=O)Nc3cccc(C(=O)O)c3)s2)C2=C(C(=O)CCC2)C1/C=C/c1ccccc1. The zero-order valence-corrected chi connectivity index (χ0v) is 23.2. The average molecular weight is 585 g/mol. The second kappa shape index (κ2) is 12.2. The normalized spacial score (nSPS) is 17.0. The lowest BCUT2D eigenvalue weighted by atomic mass is 9.79. The van der Waals surface area contributed by atoms with Gasteiger partial charge in [-0.2, -0.15) is 5.26 Å². The van der Waals surface area contributed by atoms with E-state index in [2.05, 4.69) is 21.6 Å². The fourth-order valence-corrected chi connectivity index (χ4v) is 6.40. The average Bonchev–Trinajstić information content (AvgIpc) is 3.44. The van der Waals surface area contributed by atoms with Crippen LogP contribution >= 0.6 is 23.1 Å². The minimum atomic E-state index is -1.08. The van der Waals surface area contributed by atoms with Crippen molar-refractivity contribution in [3.63, 3.8) is 0 Å². The lowest BCUT2D eigenvalue weighted by Gasteiger charge is -2.37. The molecule has 1 unspecified atom stereocenters. The second-order valence-electron chi connectivity index (χ2n) is 9.20. The summed E-state index contributed by atoms with van der Waals surface area (Å²) in [5, 5.41) is 30.8. The number of carbonyl (C=O) groups excluding carboxylic acids is 2. The number of carboxylic acids is 1. The van der Waals surface area contributed by atoms with Crippen LogP contribution in [-0.4, -0.2) is 38.7 Å². The number of rotatable bonds is 8. The number of nitrogens with one attached hydrogen (secondary N) is 1. The number of ketones is 1. The maximum absolute atomic E-state index is 13.2. The summed E-state index contributed by atoms with van der Waals surface area (Å²) in [4.78, 5) is 38.5. The molecule has 1 aliphatic carbocycles. The van der Waals surface area contributed by atoms with Gasteiger partial charge in [-0.05, 0) is 36.6 Å². The Balaban J connectivity index is 1.36. The predicted octanol–water partition coefficient (Wildman–Crippen LogP) is 4.82. The van der Waals surface area contributed by atoms with Crippen molar-refractivity contribution < 1.29 is 19.5 Å². The van der Waals surface area contributed by atoms with Crippen LogP contribution < -0.4 is 16.0 Å². The quantitative estimate of drug-likeness (QED) is 0.313. The van der Waals surface area contributed by atoms with E-state index in [1.807, 2.05) is 42.5 Å². The Hall–Kier alpha value is -4.73. The molecule has 0 bridgehead atoms. The Bertz CT molecular complexity index is 1650. The van der Waals surface area contributed by atoms with E-state index < -0.39 is 11.9 Å². The first-order valence-electron chi connectivity index (χ1n) is 12.6. The van der Waals surface area contributed by atoms with Gasteiger partial charge in [-0.15, -0.1) is 10.2 Å². The Morgan fingerprint density at radius 2 is 2.00 bits per heavy atom. The molecule has 0 fully saturated rings. The van der Waals surface area contributed by atoms with Crippen LogP contribution in [-0.2, 0) is 9.59 Å². The van der Waals surface area contributed by atoms with Gasteiger partial charge in [0, 0.05) is 29.3 Å². The van der Waals surface area contributed by atoms with Crippen LogP contribution in [0.15, 0.2) is 87.7 Å². The summed E-state index contributed by atoms with van der Waals surface area (Å²) in [5.41, 5.74) is 9.47. The Morgan fingerprint density at radius 1 is 1.20 bits per heavy atom. The number of allylic oxidation sites excluding steroid dienone is 4. The number of aromatic nitrogens is 2. The van der Waals surface area contributed by atoms with E-state index in [1.165, 1.54) is 23.5 Å². The summed E-state index contributed by atoms with van der Waals surface area (Å²) >= 11 is 2.36. The second-order valence-corrected chi connectivity index (χ2v) is 11.4. The Labute approximate surface area is 243 Å². The molecule has 41 heavy (non-hydrogen) atoms. The van der Waals surface area contributed by atoms with Crippen molar-refractivity contribution in [3.05, 3.63) is 94.5 Å². The largest absolute Gasteiger partial charge is 0.478 e. The molecule has 10 nitrogen and oxygen atoms in total. The van der Waals surface area contributed by atoms with Crippen molar-refractivity contribution in [1.82, 2.24) is 10.2 Å². The van der Waals surface area contributed by atoms with E-state index in [0.717, 1.165) is 17.3 Å². The predicted molar refractivity (Wildman–Crippen MR) is 157 cm³/mol. The summed E-state index contributed by atoms with van der Waals surface area (Å²) in [5.74, 6) is -1.80. The molecule has 1 aliphatic heterocycles. The first-order chi connectivity index (χ1) is 19.9. The number of nitrogens with zero attached hydrogens (tertiary/aromatic N) is 4. The van der Waals surface area contributed by atoms with Gasteiger partial charge in [-0.3, -0.25) is 14.5 Å². The van der Waals surface area contributed by atoms with Crippen LogP contribution in [0.4, 0.5) is 10.8 Å². The van der Waals surface area contributed by atoms with Gasteiger partial charge in [-0.25, -0.2) is 4.79 Å². The lowest BCUT2D eigenvalue weighted by Crippen LogP contribution is -2.39. The fourth-order valence-electron chi connectivity index (χ4n) is 4.72. The summed E-state index contributed by atoms with van der Waals surface area (Å²) in [6.45, 7) is 0. The molecule has 206 valence electrons. The molecule has 1 aromatic heterocycles. The molecule has 0 saturated heterocycles. The molecule has 1 atom stereocenters. The maximum atomic E-state index is 13.2. The number of benzene rings is 2. The van der Waals surface area contributed by atoms with Crippen molar-refractivity contribution in [3.8, 4) is 6.07 Å². The van der Waals surface area contributed by atoms with Gasteiger partial charge in [0.2, 0.25) is 11.0 Å². The summed E-state index contributed by atoms with van der Waals surface area (Å²) < 4.78 is 0.496. The third-order valence-corrected chi connectivity index (χ3v) is 8.59. The lowest BCUT2D eigenvalue weighted by molar-refractivity contribution is -0.116. The van der Waals surface area contributed by atoms with Crippen molar-refractivity contribution in [2.45, 2.75) is 23.6 Å². The zero-order chi connectivity index (χ0) is 28.9. The number of carboxylic acid groups (broad SMARTS) is 1. The number of anilines is 2. The first kappa shape index (κ1) is 27.8. The van der Waals surface area contributed by atoms with E-state index in [4.69, 9.17) is 10.8 Å². The van der Waals surface area contributed by atoms with E-state index in [1.54, 1.807) is 17.0 Å². The monoisotopic (exact) mass is 584 g/mol. The van der Waals surface area contributed by atoms with Gasteiger partial charge in [0.15, 0.2) is 10.1 Å². The Morgan fingerprint density at radius 3 is 2.76 bits per heavy atom. The standard InChI is InChI=1S/C29H24N6O4S2/c30-15-21-20(13-12-17-6-2-1-3-7-17)25-22(10-5-11-23(25)36)35(26(21)31)28-33-34-29(41-28)40-16-24(37)32-19-9-4-8-18(14-19)27(38)39/h1-4,6-9,12-14,20H,5,10-11,16,31H2,(H,32,37)(H,38,39)/b13-12+. The van der Waals surface area contributed by atoms with Gasteiger partial charge >= 0.3 is 5.97 Å². The van der Waals surface area contributed by atoms with Gasteiger partial charge in [0.1, 0.15) is 5.82 Å². The highest BCUT2D eigenvalue weighted by atomic mass is 32.2. The summed E-state index contributed by atoms with van der Waals surface area (Å²) in [6.07, 6.45) is 5.38. The molecule has 2 aromatic carbocycles. The molecule has 2 aliphatic rings. The topological polar surface area (TPSA) is 162 Å². The number of hydrogen-bond acceptors (Lipinski definition) is 10. The van der Waals surface area contributed by atoms with Crippen molar-refractivity contribution >= 4 is 57.7 Å². The third-order valence-electron chi connectivity index (χ3n) is 6.55. The highest BCUT2D eigenvalue weighted by Gasteiger charge is 2.39. The summed E-state index contributed by atoms with van der Waals surface area (Å²) in [6, 6.07) is 17.8. The van der Waals surface area contributed by atoms with Crippen LogP contribution in [0.25, 0.3) is 6.08 Å².